The van der Waals surface area contributed by atoms with Gasteiger partial charge in [0.15, 0.2) is 9.84 Å². The van der Waals surface area contributed by atoms with Gasteiger partial charge in [0.2, 0.25) is 5.91 Å². The molecular formula is C19H24N2O3S. The summed E-state index contributed by atoms with van der Waals surface area (Å²) in [5, 5.41) is 1.82. The van der Waals surface area contributed by atoms with Gasteiger partial charge in [0.25, 0.3) is 0 Å². The smallest absolute Gasteiger partial charge is 0.219 e. The highest BCUT2D eigenvalue weighted by Gasteiger charge is 2.29. The average molecular weight is 360 g/mol. The Morgan fingerprint density at radius 1 is 1.12 bits per heavy atom. The van der Waals surface area contributed by atoms with Crippen LogP contribution in [0.5, 0.6) is 0 Å². The second-order valence-corrected chi connectivity index (χ2v) is 8.33. The van der Waals surface area contributed by atoms with Crippen LogP contribution in [-0.4, -0.2) is 25.9 Å². The molecule has 6 heteroatoms. The summed E-state index contributed by atoms with van der Waals surface area (Å²) in [6.45, 7) is 5.87. The van der Waals surface area contributed by atoms with Crippen LogP contribution in [0.25, 0.3) is 0 Å². The first-order valence-electron chi connectivity index (χ1n) is 8.36. The summed E-state index contributed by atoms with van der Waals surface area (Å²) in [4.78, 5) is 15.9. The largest absolute Gasteiger partial charge is 0.354 e. The average Bonchev–Trinajstić information content (AvgIpc) is 2.62. The van der Waals surface area contributed by atoms with E-state index in [-0.39, 0.29) is 17.3 Å². The Morgan fingerprint density at radius 2 is 1.80 bits per heavy atom. The first kappa shape index (κ1) is 19.1. The SMILES string of the molecule is CCC(=O)NC[C@H](c1cccnc1)S(=O)(=O)c1ccc(C(C)C)cc1. The minimum Gasteiger partial charge on any atom is -0.354 e. The van der Waals surface area contributed by atoms with Gasteiger partial charge >= 0.3 is 0 Å². The Hall–Kier alpha value is -2.21. The predicted molar refractivity (Wildman–Crippen MR) is 98.0 cm³/mol. The number of nitrogens with zero attached hydrogens (tertiary/aromatic N) is 1. The zero-order valence-corrected chi connectivity index (χ0v) is 15.6. The Morgan fingerprint density at radius 3 is 2.32 bits per heavy atom. The lowest BCUT2D eigenvalue weighted by atomic mass is 10.0. The van der Waals surface area contributed by atoms with Crippen LogP contribution >= 0.6 is 0 Å². The van der Waals surface area contributed by atoms with Crippen LogP contribution in [0.15, 0.2) is 53.7 Å². The van der Waals surface area contributed by atoms with Crippen LogP contribution < -0.4 is 5.32 Å². The van der Waals surface area contributed by atoms with Gasteiger partial charge < -0.3 is 5.32 Å². The zero-order chi connectivity index (χ0) is 18.4. The summed E-state index contributed by atoms with van der Waals surface area (Å²) in [6.07, 6.45) is 3.43. The number of sulfone groups is 1. The molecule has 0 radical (unpaired) electrons. The molecule has 1 aromatic heterocycles. The van der Waals surface area contributed by atoms with Gasteiger partial charge in [-0.05, 0) is 35.2 Å². The second kappa shape index (κ2) is 8.25. The van der Waals surface area contributed by atoms with Crippen LogP contribution in [0.4, 0.5) is 0 Å². The molecule has 1 amide bonds. The molecular weight excluding hydrogens is 336 g/mol. The van der Waals surface area contributed by atoms with Gasteiger partial charge in [-0.3, -0.25) is 9.78 Å². The second-order valence-electron chi connectivity index (χ2n) is 6.20. The van der Waals surface area contributed by atoms with Crippen molar-refractivity contribution in [2.75, 3.05) is 6.54 Å². The Labute approximate surface area is 149 Å². The maximum Gasteiger partial charge on any atom is 0.219 e. The number of nitrogens with one attached hydrogen (secondary N) is 1. The van der Waals surface area contributed by atoms with E-state index in [0.717, 1.165) is 5.56 Å². The van der Waals surface area contributed by atoms with Crippen molar-refractivity contribution in [1.82, 2.24) is 10.3 Å². The first-order chi connectivity index (χ1) is 11.9. The van der Waals surface area contributed by atoms with E-state index in [4.69, 9.17) is 0 Å². The monoisotopic (exact) mass is 360 g/mol. The summed E-state index contributed by atoms with van der Waals surface area (Å²) in [7, 11) is -3.66. The highest BCUT2D eigenvalue weighted by molar-refractivity contribution is 7.91. The van der Waals surface area contributed by atoms with Crippen molar-refractivity contribution in [1.29, 1.82) is 0 Å². The van der Waals surface area contributed by atoms with Crippen molar-refractivity contribution in [3.05, 3.63) is 59.9 Å². The number of benzene rings is 1. The molecule has 0 saturated heterocycles. The summed E-state index contributed by atoms with van der Waals surface area (Å²) >= 11 is 0. The molecule has 1 heterocycles. The van der Waals surface area contributed by atoms with Gasteiger partial charge in [-0.2, -0.15) is 0 Å². The molecule has 1 aromatic carbocycles. The molecule has 0 aliphatic carbocycles. The van der Waals surface area contributed by atoms with E-state index in [1.54, 1.807) is 37.4 Å². The zero-order valence-electron chi connectivity index (χ0n) is 14.8. The third kappa shape index (κ3) is 4.66. The summed E-state index contributed by atoms with van der Waals surface area (Å²) in [6, 6.07) is 10.4. The van der Waals surface area contributed by atoms with Crippen molar-refractivity contribution in [3.63, 3.8) is 0 Å². The van der Waals surface area contributed by atoms with Crippen molar-refractivity contribution >= 4 is 15.7 Å². The highest BCUT2D eigenvalue weighted by atomic mass is 32.2. The third-order valence-electron chi connectivity index (χ3n) is 4.11. The lowest BCUT2D eigenvalue weighted by Crippen LogP contribution is -2.31. The highest BCUT2D eigenvalue weighted by Crippen LogP contribution is 2.29. The molecule has 0 aliphatic heterocycles. The molecule has 134 valence electrons. The number of rotatable bonds is 7. The Kier molecular flexibility index (Phi) is 6.31. The van der Waals surface area contributed by atoms with E-state index in [1.165, 1.54) is 6.20 Å². The van der Waals surface area contributed by atoms with Crippen molar-refractivity contribution in [2.45, 2.75) is 43.3 Å². The number of carbonyl (C=O) groups excluding carboxylic acids is 1. The number of aromatic nitrogens is 1. The van der Waals surface area contributed by atoms with Crippen LogP contribution in [0.1, 0.15) is 49.5 Å². The number of hydrogen-bond donors (Lipinski definition) is 1. The van der Waals surface area contributed by atoms with E-state index >= 15 is 0 Å². The number of amides is 1. The van der Waals surface area contributed by atoms with Gasteiger partial charge in [0, 0.05) is 25.4 Å². The van der Waals surface area contributed by atoms with Crippen molar-refractivity contribution in [3.8, 4) is 0 Å². The molecule has 5 nitrogen and oxygen atoms in total. The van der Waals surface area contributed by atoms with Gasteiger partial charge in [0.05, 0.1) is 4.90 Å². The lowest BCUT2D eigenvalue weighted by molar-refractivity contribution is -0.120. The molecule has 0 fully saturated rings. The standard InChI is InChI=1S/C19H24N2O3S/c1-4-19(22)21-13-18(16-6-5-11-20-12-16)25(23,24)17-9-7-15(8-10-17)14(2)3/h5-12,14,18H,4,13H2,1-3H3,(H,21,22)/t18-/m1/s1. The van der Waals surface area contributed by atoms with Gasteiger partial charge in [-0.25, -0.2) is 8.42 Å². The lowest BCUT2D eigenvalue weighted by Gasteiger charge is -2.19. The van der Waals surface area contributed by atoms with Crippen molar-refractivity contribution in [2.24, 2.45) is 0 Å². The van der Waals surface area contributed by atoms with Crippen LogP contribution in [-0.2, 0) is 14.6 Å². The van der Waals surface area contributed by atoms with Crippen LogP contribution in [0.3, 0.4) is 0 Å². The molecule has 0 aliphatic rings. The van der Waals surface area contributed by atoms with Crippen LogP contribution in [0.2, 0.25) is 0 Å². The number of hydrogen-bond acceptors (Lipinski definition) is 4. The molecule has 0 spiro atoms. The maximum absolute atomic E-state index is 13.1. The predicted octanol–water partition coefficient (Wildman–Crippen LogP) is 3.25. The Balaban J connectivity index is 2.38. The summed E-state index contributed by atoms with van der Waals surface area (Å²) in [5.74, 6) is 0.147. The number of pyridine rings is 1. The van der Waals surface area contributed by atoms with Gasteiger partial charge in [-0.15, -0.1) is 0 Å². The van der Waals surface area contributed by atoms with Gasteiger partial charge in [0.1, 0.15) is 5.25 Å². The summed E-state index contributed by atoms with van der Waals surface area (Å²) in [5.41, 5.74) is 1.64. The van der Waals surface area contributed by atoms with E-state index < -0.39 is 15.1 Å². The number of carbonyl (C=O) groups is 1. The molecule has 1 N–H and O–H groups in total. The molecule has 0 unspecified atom stereocenters. The van der Waals surface area contributed by atoms with Crippen molar-refractivity contribution < 1.29 is 13.2 Å². The fraction of sp³-hybridized carbons (Fsp3) is 0.368. The molecule has 1 atom stereocenters. The quantitative estimate of drug-likeness (QED) is 0.822. The first-order valence-corrected chi connectivity index (χ1v) is 9.91. The summed E-state index contributed by atoms with van der Waals surface area (Å²) < 4.78 is 26.3. The fourth-order valence-electron chi connectivity index (χ4n) is 2.51. The third-order valence-corrected chi connectivity index (χ3v) is 6.23. The van der Waals surface area contributed by atoms with Crippen LogP contribution in [0, 0.1) is 0 Å². The minimum atomic E-state index is -3.66. The minimum absolute atomic E-state index is 0.0205. The molecule has 25 heavy (non-hydrogen) atoms. The van der Waals surface area contributed by atoms with Gasteiger partial charge in [-0.1, -0.05) is 39.0 Å². The molecule has 0 saturated carbocycles. The normalized spacial score (nSPS) is 12.8. The van der Waals surface area contributed by atoms with E-state index in [2.05, 4.69) is 24.1 Å². The fourth-order valence-corrected chi connectivity index (χ4v) is 4.16. The van der Waals surface area contributed by atoms with E-state index in [9.17, 15) is 13.2 Å². The molecule has 2 aromatic rings. The maximum atomic E-state index is 13.1. The Bertz CT molecular complexity index is 800. The molecule has 2 rings (SSSR count). The van der Waals surface area contributed by atoms with E-state index in [1.807, 2.05) is 12.1 Å². The molecule has 0 bridgehead atoms. The topological polar surface area (TPSA) is 76.1 Å². The van der Waals surface area contributed by atoms with E-state index in [0.29, 0.717) is 17.9 Å².